The van der Waals surface area contributed by atoms with Crippen molar-refractivity contribution in [1.29, 1.82) is 0 Å². The first-order valence-electron chi connectivity index (χ1n) is 9.08. The molecule has 0 amide bonds. The smallest absolute Gasteiger partial charge is 0.261 e. The maximum Gasteiger partial charge on any atom is 0.261 e. The van der Waals surface area contributed by atoms with Crippen LogP contribution in [0.25, 0.3) is 0 Å². The number of rotatable bonds is 6. The van der Waals surface area contributed by atoms with Crippen molar-refractivity contribution >= 4 is 31.4 Å². The number of aryl methyl sites for hydroxylation is 3. The van der Waals surface area contributed by atoms with Gasteiger partial charge in [0.15, 0.2) is 11.6 Å². The molecule has 2 N–H and O–H groups in total. The molecule has 10 heteroatoms. The van der Waals surface area contributed by atoms with Gasteiger partial charge in [0, 0.05) is 5.69 Å². The first-order valence-corrected chi connectivity index (χ1v) is 12.0. The van der Waals surface area contributed by atoms with Crippen LogP contribution in [0.1, 0.15) is 16.7 Å². The lowest BCUT2D eigenvalue weighted by molar-refractivity contribution is 0.504. The maximum atomic E-state index is 13.3. The third kappa shape index (κ3) is 5.02. The average molecular weight is 467 g/mol. The Morgan fingerprint density at radius 1 is 0.645 bits per heavy atom. The van der Waals surface area contributed by atoms with Crippen molar-refractivity contribution in [2.75, 3.05) is 9.44 Å². The molecule has 3 aromatic rings. The van der Waals surface area contributed by atoms with Gasteiger partial charge in [0.25, 0.3) is 20.0 Å². The second-order valence-corrected chi connectivity index (χ2v) is 10.4. The van der Waals surface area contributed by atoms with E-state index >= 15 is 0 Å². The third-order valence-corrected chi connectivity index (χ3v) is 7.28. The standard InChI is InChI=1S/C21H20F2N2O4S2/c1-13-10-14(2)21(15(3)11-13)25-30(26,27)17-6-4-16(5-7-17)24-31(28,29)18-8-9-19(22)20(23)12-18/h4-12,24-25H,1-3H3. The van der Waals surface area contributed by atoms with Crippen LogP contribution in [0.3, 0.4) is 0 Å². The summed E-state index contributed by atoms with van der Waals surface area (Å²) in [6.07, 6.45) is 0. The number of benzene rings is 3. The van der Waals surface area contributed by atoms with E-state index in [-0.39, 0.29) is 10.6 Å². The van der Waals surface area contributed by atoms with Gasteiger partial charge in [-0.25, -0.2) is 25.6 Å². The molecular formula is C21H20F2N2O4S2. The minimum absolute atomic E-state index is 0.0615. The zero-order valence-electron chi connectivity index (χ0n) is 16.9. The molecule has 0 aliphatic carbocycles. The summed E-state index contributed by atoms with van der Waals surface area (Å²) >= 11 is 0. The quantitative estimate of drug-likeness (QED) is 0.560. The molecule has 31 heavy (non-hydrogen) atoms. The number of hydrogen-bond donors (Lipinski definition) is 2. The number of anilines is 2. The first-order chi connectivity index (χ1) is 14.4. The Labute approximate surface area is 180 Å². The monoisotopic (exact) mass is 466 g/mol. The molecule has 6 nitrogen and oxygen atoms in total. The van der Waals surface area contributed by atoms with E-state index in [1.165, 1.54) is 24.3 Å². The van der Waals surface area contributed by atoms with Crippen molar-refractivity contribution in [2.24, 2.45) is 0 Å². The first kappa shape index (κ1) is 22.7. The van der Waals surface area contributed by atoms with Crippen molar-refractivity contribution in [2.45, 2.75) is 30.6 Å². The van der Waals surface area contributed by atoms with Gasteiger partial charge in [-0.05, 0) is 74.4 Å². The van der Waals surface area contributed by atoms with Gasteiger partial charge in [-0.2, -0.15) is 0 Å². The average Bonchev–Trinajstić information content (AvgIpc) is 2.67. The summed E-state index contributed by atoms with van der Waals surface area (Å²) in [6.45, 7) is 5.51. The molecule has 0 bridgehead atoms. The van der Waals surface area contributed by atoms with Crippen molar-refractivity contribution in [3.63, 3.8) is 0 Å². The molecule has 3 rings (SSSR count). The largest absolute Gasteiger partial charge is 0.280 e. The molecule has 0 spiro atoms. The lowest BCUT2D eigenvalue weighted by Crippen LogP contribution is -2.16. The molecule has 0 saturated heterocycles. The van der Waals surface area contributed by atoms with Crippen LogP contribution in [0.4, 0.5) is 20.2 Å². The van der Waals surface area contributed by atoms with Crippen LogP contribution >= 0.6 is 0 Å². The normalized spacial score (nSPS) is 11.9. The van der Waals surface area contributed by atoms with Crippen LogP contribution in [-0.4, -0.2) is 16.8 Å². The molecular weight excluding hydrogens is 446 g/mol. The SMILES string of the molecule is Cc1cc(C)c(NS(=O)(=O)c2ccc(NS(=O)(=O)c3ccc(F)c(F)c3)cc2)c(C)c1. The van der Waals surface area contributed by atoms with E-state index in [0.717, 1.165) is 22.8 Å². The number of halogens is 2. The van der Waals surface area contributed by atoms with E-state index in [4.69, 9.17) is 0 Å². The van der Waals surface area contributed by atoms with Gasteiger partial charge in [-0.3, -0.25) is 9.44 Å². The van der Waals surface area contributed by atoms with Gasteiger partial charge in [0.2, 0.25) is 0 Å². The van der Waals surface area contributed by atoms with Crippen LogP contribution in [0, 0.1) is 32.4 Å². The molecule has 0 aliphatic rings. The molecule has 0 heterocycles. The van der Waals surface area contributed by atoms with E-state index in [1.54, 1.807) is 13.8 Å². The summed E-state index contributed by atoms with van der Waals surface area (Å²) in [7, 11) is -8.10. The highest BCUT2D eigenvalue weighted by molar-refractivity contribution is 7.93. The highest BCUT2D eigenvalue weighted by atomic mass is 32.2. The van der Waals surface area contributed by atoms with Gasteiger partial charge in [-0.1, -0.05) is 17.7 Å². The van der Waals surface area contributed by atoms with Gasteiger partial charge < -0.3 is 0 Å². The summed E-state index contributed by atoms with van der Waals surface area (Å²) in [4.78, 5) is -0.530. The minimum Gasteiger partial charge on any atom is -0.280 e. The molecule has 164 valence electrons. The van der Waals surface area contributed by atoms with Gasteiger partial charge in [-0.15, -0.1) is 0 Å². The van der Waals surface area contributed by atoms with Crippen molar-refractivity contribution < 1.29 is 25.6 Å². The van der Waals surface area contributed by atoms with E-state index < -0.39 is 36.6 Å². The van der Waals surface area contributed by atoms with Gasteiger partial charge in [0.1, 0.15) is 0 Å². The summed E-state index contributed by atoms with van der Waals surface area (Å²) < 4.78 is 81.4. The summed E-state index contributed by atoms with van der Waals surface area (Å²) in [5, 5.41) is 0. The predicted octanol–water partition coefficient (Wildman–Crippen LogP) is 4.49. The van der Waals surface area contributed by atoms with E-state index in [0.29, 0.717) is 17.8 Å². The molecule has 0 aliphatic heterocycles. The molecule has 0 aromatic heterocycles. The second kappa shape index (κ2) is 8.27. The highest BCUT2D eigenvalue weighted by Gasteiger charge is 2.19. The number of nitrogens with one attached hydrogen (secondary N) is 2. The minimum atomic E-state index is -4.19. The number of sulfonamides is 2. The summed E-state index contributed by atoms with van der Waals surface area (Å²) in [6, 6.07) is 10.9. The topological polar surface area (TPSA) is 92.3 Å². The molecule has 0 saturated carbocycles. The molecule has 0 fully saturated rings. The third-order valence-electron chi connectivity index (χ3n) is 4.53. The van der Waals surface area contributed by atoms with Crippen LogP contribution in [0.15, 0.2) is 64.4 Å². The summed E-state index contributed by atoms with van der Waals surface area (Å²) in [5.41, 5.74) is 3.10. The lowest BCUT2D eigenvalue weighted by atomic mass is 10.1. The molecule has 0 unspecified atom stereocenters. The maximum absolute atomic E-state index is 13.3. The predicted molar refractivity (Wildman–Crippen MR) is 115 cm³/mol. The van der Waals surface area contributed by atoms with Crippen LogP contribution < -0.4 is 9.44 Å². The Balaban J connectivity index is 1.83. The Bertz CT molecular complexity index is 1330. The van der Waals surface area contributed by atoms with Crippen molar-refractivity contribution in [3.8, 4) is 0 Å². The van der Waals surface area contributed by atoms with Crippen LogP contribution in [-0.2, 0) is 20.0 Å². The van der Waals surface area contributed by atoms with E-state index in [9.17, 15) is 25.6 Å². The number of hydrogen-bond acceptors (Lipinski definition) is 4. The Morgan fingerprint density at radius 3 is 1.71 bits per heavy atom. The Hall–Kier alpha value is -2.98. The molecule has 0 atom stereocenters. The van der Waals surface area contributed by atoms with Crippen molar-refractivity contribution in [1.82, 2.24) is 0 Å². The molecule has 0 radical (unpaired) electrons. The van der Waals surface area contributed by atoms with Gasteiger partial charge >= 0.3 is 0 Å². The fraction of sp³-hybridized carbons (Fsp3) is 0.143. The fourth-order valence-electron chi connectivity index (χ4n) is 3.09. The second-order valence-electron chi connectivity index (χ2n) is 7.09. The van der Waals surface area contributed by atoms with E-state index in [2.05, 4.69) is 9.44 Å². The van der Waals surface area contributed by atoms with Crippen LogP contribution in [0.5, 0.6) is 0 Å². The Morgan fingerprint density at radius 2 is 1.16 bits per heavy atom. The van der Waals surface area contributed by atoms with E-state index in [1.807, 2.05) is 19.1 Å². The Kier molecular flexibility index (Phi) is 6.06. The summed E-state index contributed by atoms with van der Waals surface area (Å²) in [5.74, 6) is -2.46. The zero-order chi connectivity index (χ0) is 23.0. The lowest BCUT2D eigenvalue weighted by Gasteiger charge is -2.15. The zero-order valence-corrected chi connectivity index (χ0v) is 18.5. The highest BCUT2D eigenvalue weighted by Crippen LogP contribution is 2.26. The molecule has 3 aromatic carbocycles. The van der Waals surface area contributed by atoms with Crippen molar-refractivity contribution in [3.05, 3.63) is 82.9 Å². The van der Waals surface area contributed by atoms with Gasteiger partial charge in [0.05, 0.1) is 15.5 Å². The fourth-order valence-corrected chi connectivity index (χ4v) is 5.37. The van der Waals surface area contributed by atoms with Crippen LogP contribution in [0.2, 0.25) is 0 Å².